The van der Waals surface area contributed by atoms with E-state index < -0.39 is 16.0 Å². The average Bonchev–Trinajstić information content (AvgIpc) is 3.11. The number of carboxylic acid groups (broad SMARTS) is 1. The van der Waals surface area contributed by atoms with Crippen molar-refractivity contribution in [1.82, 2.24) is 4.72 Å². The summed E-state index contributed by atoms with van der Waals surface area (Å²) in [6, 6.07) is 4.37. The fourth-order valence-corrected chi connectivity index (χ4v) is 3.39. The van der Waals surface area contributed by atoms with Crippen molar-refractivity contribution in [2.24, 2.45) is 0 Å². The van der Waals surface area contributed by atoms with Gasteiger partial charge in [-0.05, 0) is 38.0 Å². The van der Waals surface area contributed by atoms with Crippen LogP contribution in [-0.2, 0) is 10.0 Å². The molecule has 1 aromatic carbocycles. The zero-order valence-corrected chi connectivity index (χ0v) is 11.5. The Bertz CT molecular complexity index is 802. The van der Waals surface area contributed by atoms with E-state index in [2.05, 4.69) is 4.72 Å². The smallest absolute Gasteiger partial charge is 0.372 e. The number of nitrogens with one attached hydrogen (secondary N) is 1. The van der Waals surface area contributed by atoms with E-state index in [1.807, 2.05) is 0 Å². The first kappa shape index (κ1) is 13.1. The molecule has 0 atom stereocenters. The number of sulfonamides is 1. The number of carbonyl (C=O) groups is 1. The lowest BCUT2D eigenvalue weighted by molar-refractivity contribution is 0.0664. The summed E-state index contributed by atoms with van der Waals surface area (Å²) in [6.07, 6.45) is 1.71. The third-order valence-electron chi connectivity index (χ3n) is 3.31. The number of rotatable bonds is 4. The summed E-state index contributed by atoms with van der Waals surface area (Å²) in [4.78, 5) is 11.1. The van der Waals surface area contributed by atoms with E-state index in [1.54, 1.807) is 6.92 Å². The Kier molecular flexibility index (Phi) is 2.84. The second-order valence-corrected chi connectivity index (χ2v) is 6.63. The summed E-state index contributed by atoms with van der Waals surface area (Å²) in [5.74, 6) is -1.33. The maximum atomic E-state index is 12.1. The van der Waals surface area contributed by atoms with Crippen molar-refractivity contribution in [3.63, 3.8) is 0 Å². The van der Waals surface area contributed by atoms with Gasteiger partial charge in [0, 0.05) is 17.0 Å². The molecular weight excluding hydrogens is 282 g/mol. The molecule has 106 valence electrons. The molecule has 3 rings (SSSR count). The van der Waals surface area contributed by atoms with E-state index in [4.69, 9.17) is 9.52 Å². The molecule has 1 heterocycles. The average molecular weight is 295 g/mol. The van der Waals surface area contributed by atoms with Crippen LogP contribution in [0.2, 0.25) is 0 Å². The number of aryl methyl sites for hydroxylation is 1. The highest BCUT2D eigenvalue weighted by Crippen LogP contribution is 2.29. The van der Waals surface area contributed by atoms with E-state index in [-0.39, 0.29) is 16.7 Å². The number of carboxylic acids is 1. The molecular formula is C13H13NO5S. The highest BCUT2D eigenvalue weighted by Gasteiger charge is 2.28. The van der Waals surface area contributed by atoms with Crippen LogP contribution in [-0.4, -0.2) is 25.5 Å². The van der Waals surface area contributed by atoms with Crippen molar-refractivity contribution in [2.45, 2.75) is 30.7 Å². The van der Waals surface area contributed by atoms with Gasteiger partial charge in [-0.15, -0.1) is 0 Å². The van der Waals surface area contributed by atoms with Crippen molar-refractivity contribution >= 4 is 27.0 Å². The lowest BCUT2D eigenvalue weighted by Gasteiger charge is -2.05. The lowest BCUT2D eigenvalue weighted by Crippen LogP contribution is -2.25. The summed E-state index contributed by atoms with van der Waals surface area (Å²) in [5, 5.41) is 9.50. The number of hydrogen-bond donors (Lipinski definition) is 2. The zero-order chi connectivity index (χ0) is 14.5. The molecule has 1 saturated carbocycles. The van der Waals surface area contributed by atoms with Crippen LogP contribution in [0.5, 0.6) is 0 Å². The largest absolute Gasteiger partial charge is 0.475 e. The Morgan fingerprint density at radius 2 is 2.10 bits per heavy atom. The molecule has 2 N–H and O–H groups in total. The molecule has 0 radical (unpaired) electrons. The molecule has 1 fully saturated rings. The number of aromatic carboxylic acids is 1. The van der Waals surface area contributed by atoms with Crippen molar-refractivity contribution < 1.29 is 22.7 Å². The van der Waals surface area contributed by atoms with Gasteiger partial charge in [0.05, 0.1) is 4.90 Å². The van der Waals surface area contributed by atoms with Crippen LogP contribution in [0.4, 0.5) is 0 Å². The monoisotopic (exact) mass is 295 g/mol. The minimum atomic E-state index is -3.56. The Labute approximate surface area is 115 Å². The van der Waals surface area contributed by atoms with Crippen molar-refractivity contribution in [2.75, 3.05) is 0 Å². The molecule has 0 unspecified atom stereocenters. The first-order valence-electron chi connectivity index (χ1n) is 6.17. The van der Waals surface area contributed by atoms with Gasteiger partial charge in [0.25, 0.3) is 0 Å². The fourth-order valence-electron chi connectivity index (χ4n) is 2.06. The first-order valence-corrected chi connectivity index (χ1v) is 7.65. The molecule has 20 heavy (non-hydrogen) atoms. The van der Waals surface area contributed by atoms with Gasteiger partial charge in [-0.25, -0.2) is 17.9 Å². The Morgan fingerprint density at radius 1 is 1.40 bits per heavy atom. The summed E-state index contributed by atoms with van der Waals surface area (Å²) in [6.45, 7) is 1.60. The molecule has 0 saturated heterocycles. The molecule has 1 aliphatic rings. The van der Waals surface area contributed by atoms with E-state index >= 15 is 0 Å². The molecule has 0 aliphatic heterocycles. The van der Waals surface area contributed by atoms with Crippen molar-refractivity contribution in [1.29, 1.82) is 0 Å². The standard InChI is InChI=1S/C13H13NO5S/c1-7-10-6-9(20(17,18)14-8-2-3-8)4-5-11(10)19-12(7)13(15)16/h4-6,8,14H,2-3H2,1H3,(H,15,16). The second kappa shape index (κ2) is 4.32. The van der Waals surface area contributed by atoms with Crippen LogP contribution in [0.15, 0.2) is 27.5 Å². The Balaban J connectivity index is 2.10. The van der Waals surface area contributed by atoms with E-state index in [0.717, 1.165) is 12.8 Å². The normalized spacial score (nSPS) is 15.7. The molecule has 6 nitrogen and oxygen atoms in total. The van der Waals surface area contributed by atoms with Crippen molar-refractivity contribution in [3.8, 4) is 0 Å². The van der Waals surface area contributed by atoms with Crippen LogP contribution < -0.4 is 4.72 Å². The maximum absolute atomic E-state index is 12.1. The van der Waals surface area contributed by atoms with Crippen LogP contribution in [0, 0.1) is 6.92 Å². The van der Waals surface area contributed by atoms with E-state index in [1.165, 1.54) is 18.2 Å². The molecule has 0 amide bonds. The Hall–Kier alpha value is -1.86. The molecule has 0 spiro atoms. The Morgan fingerprint density at radius 3 is 2.70 bits per heavy atom. The van der Waals surface area contributed by atoms with E-state index in [9.17, 15) is 13.2 Å². The van der Waals surface area contributed by atoms with Gasteiger partial charge < -0.3 is 9.52 Å². The summed E-state index contributed by atoms with van der Waals surface area (Å²) < 4.78 is 32.0. The lowest BCUT2D eigenvalue weighted by atomic mass is 10.1. The molecule has 1 aromatic heterocycles. The SMILES string of the molecule is Cc1c(C(=O)O)oc2ccc(S(=O)(=O)NC3CC3)cc12. The molecule has 1 aliphatic carbocycles. The van der Waals surface area contributed by atoms with Gasteiger partial charge in [-0.3, -0.25) is 0 Å². The number of benzene rings is 1. The molecule has 2 aromatic rings. The number of furan rings is 1. The van der Waals surface area contributed by atoms with Gasteiger partial charge >= 0.3 is 5.97 Å². The summed E-state index contributed by atoms with van der Waals surface area (Å²) in [7, 11) is -3.56. The van der Waals surface area contributed by atoms with Crippen LogP contribution in [0.25, 0.3) is 11.0 Å². The van der Waals surface area contributed by atoms with E-state index in [0.29, 0.717) is 16.5 Å². The maximum Gasteiger partial charge on any atom is 0.372 e. The molecule has 7 heteroatoms. The summed E-state index contributed by atoms with van der Waals surface area (Å²) >= 11 is 0. The minimum absolute atomic E-state index is 0.0238. The van der Waals surface area contributed by atoms with Crippen LogP contribution in [0.1, 0.15) is 29.0 Å². The van der Waals surface area contributed by atoms with Crippen LogP contribution >= 0.6 is 0 Å². The minimum Gasteiger partial charge on any atom is -0.475 e. The second-order valence-electron chi connectivity index (χ2n) is 4.91. The van der Waals surface area contributed by atoms with Gasteiger partial charge in [0.1, 0.15) is 5.58 Å². The number of hydrogen-bond acceptors (Lipinski definition) is 4. The fraction of sp³-hybridized carbons (Fsp3) is 0.308. The first-order chi connectivity index (χ1) is 9.38. The highest BCUT2D eigenvalue weighted by molar-refractivity contribution is 7.89. The topological polar surface area (TPSA) is 96.6 Å². The third kappa shape index (κ3) is 2.19. The third-order valence-corrected chi connectivity index (χ3v) is 4.83. The zero-order valence-electron chi connectivity index (χ0n) is 10.7. The predicted molar refractivity (Wildman–Crippen MR) is 71.3 cm³/mol. The van der Waals surface area contributed by atoms with Crippen LogP contribution in [0.3, 0.4) is 0 Å². The van der Waals surface area contributed by atoms with Gasteiger partial charge in [0.2, 0.25) is 15.8 Å². The number of fused-ring (bicyclic) bond motifs is 1. The quantitative estimate of drug-likeness (QED) is 0.897. The van der Waals surface area contributed by atoms with Crippen molar-refractivity contribution in [3.05, 3.63) is 29.5 Å². The predicted octanol–water partition coefficient (Wildman–Crippen LogP) is 1.88. The molecule has 0 bridgehead atoms. The highest BCUT2D eigenvalue weighted by atomic mass is 32.2. The van der Waals surface area contributed by atoms with Gasteiger partial charge in [0.15, 0.2) is 0 Å². The van der Waals surface area contributed by atoms with Gasteiger partial charge in [-0.1, -0.05) is 0 Å². The van der Waals surface area contributed by atoms with Gasteiger partial charge in [-0.2, -0.15) is 0 Å². The summed E-state index contributed by atoms with van der Waals surface area (Å²) in [5.41, 5.74) is 0.793.